The van der Waals surface area contributed by atoms with Crippen molar-refractivity contribution in [1.82, 2.24) is 14.6 Å². The molecule has 1 saturated heterocycles. The van der Waals surface area contributed by atoms with Crippen molar-refractivity contribution in [3.63, 3.8) is 0 Å². The third-order valence-corrected chi connectivity index (χ3v) is 6.67. The molecule has 1 aliphatic rings. The minimum absolute atomic E-state index is 0.0855. The van der Waals surface area contributed by atoms with E-state index in [1.54, 1.807) is 32.0 Å². The molecule has 13 nitrogen and oxygen atoms in total. The number of nitrogens with zero attached hydrogens (tertiary/aromatic N) is 1. The molecule has 36 heavy (non-hydrogen) atoms. The van der Waals surface area contributed by atoms with Crippen molar-refractivity contribution in [2.45, 2.75) is 63.8 Å². The lowest BCUT2D eigenvalue weighted by Crippen LogP contribution is -2.47. The van der Waals surface area contributed by atoms with Gasteiger partial charge in [0.15, 0.2) is 6.23 Å². The summed E-state index contributed by atoms with van der Waals surface area (Å²) in [5.41, 5.74) is -4.95. The number of nitrogens with one attached hydrogen (secondary N) is 2. The number of aromatic amines is 1. The number of hydrogen-bond acceptors (Lipinski definition) is 10. The molecule has 1 aromatic heterocycles. The standard InChI is InChI=1S/C22H30N3O10P/c1-13(2)33-19(28)14(3)24-36(31,35-15-8-6-5-7-9-15)32-12-16-18(27)22(4,30)20(34-16)25-11-10-17(26)23-21(25)29/h5-11,13-14,16,18,20,27,30H,12H2,1-4H3,(H,24,31)(H,23,26,29)/t14-,16+,18+,20+,22+,36-/m0/s1/i4D3. The Morgan fingerprint density at radius 2 is 2.00 bits per heavy atom. The minimum atomic E-state index is -4.44. The summed E-state index contributed by atoms with van der Waals surface area (Å²) in [4.78, 5) is 38.0. The molecule has 2 aromatic rings. The number of aromatic nitrogens is 2. The number of ether oxygens (including phenoxy) is 2. The first-order valence-corrected chi connectivity index (χ1v) is 12.5. The molecule has 3 rings (SSSR count). The van der Waals surface area contributed by atoms with Crippen LogP contribution in [-0.2, 0) is 23.4 Å². The second-order valence-corrected chi connectivity index (χ2v) is 10.0. The van der Waals surface area contributed by atoms with Crippen molar-refractivity contribution >= 4 is 13.7 Å². The van der Waals surface area contributed by atoms with Gasteiger partial charge in [-0.1, -0.05) is 18.2 Å². The number of H-pyrrole nitrogens is 1. The van der Waals surface area contributed by atoms with Crippen LogP contribution in [0.15, 0.2) is 52.2 Å². The van der Waals surface area contributed by atoms with Gasteiger partial charge in [-0.05, 0) is 39.8 Å². The van der Waals surface area contributed by atoms with Crippen LogP contribution in [0.3, 0.4) is 0 Å². The predicted molar refractivity (Wildman–Crippen MR) is 126 cm³/mol. The fourth-order valence-electron chi connectivity index (χ4n) is 3.30. The average molecular weight is 530 g/mol. The van der Waals surface area contributed by atoms with Crippen molar-refractivity contribution in [1.29, 1.82) is 0 Å². The molecule has 2 heterocycles. The molecular weight excluding hydrogens is 497 g/mol. The number of aliphatic hydroxyl groups is 2. The van der Waals surface area contributed by atoms with Gasteiger partial charge in [0.1, 0.15) is 29.6 Å². The van der Waals surface area contributed by atoms with Gasteiger partial charge in [-0.15, -0.1) is 0 Å². The quantitative estimate of drug-likeness (QED) is 0.251. The Balaban J connectivity index is 1.90. The van der Waals surface area contributed by atoms with E-state index in [2.05, 4.69) is 5.09 Å². The number of benzene rings is 1. The van der Waals surface area contributed by atoms with Crippen molar-refractivity contribution < 1.29 is 42.2 Å². The van der Waals surface area contributed by atoms with Crippen LogP contribution in [0.1, 0.15) is 38.0 Å². The maximum atomic E-state index is 13.7. The second kappa shape index (κ2) is 11.1. The third kappa shape index (κ3) is 6.49. The number of carbonyl (C=O) groups is 1. The van der Waals surface area contributed by atoms with Crippen LogP contribution in [0.5, 0.6) is 5.75 Å². The summed E-state index contributed by atoms with van der Waals surface area (Å²) >= 11 is 0. The second-order valence-electron chi connectivity index (χ2n) is 8.35. The van der Waals surface area contributed by atoms with Crippen molar-refractivity contribution in [3.8, 4) is 5.75 Å². The number of rotatable bonds is 10. The fourth-order valence-corrected chi connectivity index (χ4v) is 4.80. The van der Waals surface area contributed by atoms with E-state index in [0.717, 1.165) is 12.3 Å². The van der Waals surface area contributed by atoms with Gasteiger partial charge >= 0.3 is 19.4 Å². The minimum Gasteiger partial charge on any atom is -0.462 e. The Morgan fingerprint density at radius 3 is 2.61 bits per heavy atom. The number of hydrogen-bond donors (Lipinski definition) is 4. The molecule has 0 amide bonds. The SMILES string of the molecule is [2H]C([2H])([2H])[C@@]1(O)[C@H](O)[C@@H](CO[P@@](=O)(N[C@@H](C)C(=O)OC(C)C)Oc2ccccc2)O[C@H]1n1ccc(=O)[nH]c1=O. The highest BCUT2D eigenvalue weighted by Gasteiger charge is 2.54. The first-order valence-electron chi connectivity index (χ1n) is 12.4. The monoisotopic (exact) mass is 530 g/mol. The molecule has 6 atom stereocenters. The normalized spacial score (nSPS) is 27.9. The van der Waals surface area contributed by atoms with Gasteiger partial charge < -0.3 is 24.2 Å². The average Bonchev–Trinajstić information content (AvgIpc) is 3.09. The molecule has 0 aliphatic carbocycles. The maximum absolute atomic E-state index is 13.7. The van der Waals surface area contributed by atoms with E-state index in [9.17, 15) is 29.2 Å². The summed E-state index contributed by atoms with van der Waals surface area (Å²) in [7, 11) is -4.44. The van der Waals surface area contributed by atoms with Crippen molar-refractivity contribution in [3.05, 3.63) is 63.4 Å². The molecule has 0 radical (unpaired) electrons. The first kappa shape index (κ1) is 23.6. The first-order chi connectivity index (χ1) is 18.1. The largest absolute Gasteiger partial charge is 0.462 e. The topological polar surface area (TPSA) is 178 Å². The highest BCUT2D eigenvalue weighted by atomic mass is 31.2. The molecule has 14 heteroatoms. The summed E-state index contributed by atoms with van der Waals surface area (Å²) in [6.07, 6.45) is -5.43. The van der Waals surface area contributed by atoms with Gasteiger partial charge in [0.2, 0.25) is 0 Å². The van der Waals surface area contributed by atoms with Gasteiger partial charge in [0.25, 0.3) is 5.56 Å². The van der Waals surface area contributed by atoms with Crippen molar-refractivity contribution in [2.24, 2.45) is 0 Å². The van der Waals surface area contributed by atoms with E-state index in [0.29, 0.717) is 4.57 Å². The van der Waals surface area contributed by atoms with E-state index >= 15 is 0 Å². The Hall–Kier alpha value is -2.80. The van der Waals surface area contributed by atoms with Crippen LogP contribution in [-0.4, -0.2) is 62.3 Å². The van der Waals surface area contributed by atoms with Crippen LogP contribution in [0, 0.1) is 0 Å². The molecule has 1 aliphatic heterocycles. The Morgan fingerprint density at radius 1 is 1.31 bits per heavy atom. The van der Waals surface area contributed by atoms with Crippen LogP contribution >= 0.6 is 7.75 Å². The lowest BCUT2D eigenvalue weighted by molar-refractivity contribution is -0.149. The zero-order valence-electron chi connectivity index (χ0n) is 22.7. The van der Waals surface area contributed by atoms with Crippen LogP contribution in [0.25, 0.3) is 0 Å². The molecule has 0 unspecified atom stereocenters. The molecule has 1 aromatic carbocycles. The van der Waals surface area contributed by atoms with E-state index in [-0.39, 0.29) is 5.75 Å². The summed E-state index contributed by atoms with van der Waals surface area (Å²) in [5, 5.41) is 24.4. The van der Waals surface area contributed by atoms with E-state index in [1.807, 2.05) is 4.98 Å². The summed E-state index contributed by atoms with van der Waals surface area (Å²) in [6.45, 7) is 0.477. The molecule has 4 N–H and O–H groups in total. The highest BCUT2D eigenvalue weighted by Crippen LogP contribution is 2.46. The number of carbonyl (C=O) groups excluding carboxylic acids is 1. The van der Waals surface area contributed by atoms with Crippen LogP contribution in [0.2, 0.25) is 0 Å². The lowest BCUT2D eigenvalue weighted by Gasteiger charge is -2.27. The Kier molecular flexibility index (Phi) is 7.26. The fraction of sp³-hybridized carbons (Fsp3) is 0.500. The zero-order chi connectivity index (χ0) is 29.2. The van der Waals surface area contributed by atoms with Crippen LogP contribution in [0.4, 0.5) is 0 Å². The lowest BCUT2D eigenvalue weighted by atomic mass is 9.96. The molecule has 198 valence electrons. The maximum Gasteiger partial charge on any atom is 0.459 e. The highest BCUT2D eigenvalue weighted by molar-refractivity contribution is 7.52. The molecule has 1 fully saturated rings. The van der Waals surface area contributed by atoms with E-state index in [1.165, 1.54) is 19.1 Å². The van der Waals surface area contributed by atoms with Gasteiger partial charge in [-0.3, -0.25) is 23.7 Å². The molecular formula is C22H30N3O10P. The predicted octanol–water partition coefficient (Wildman–Crippen LogP) is 0.679. The number of esters is 1. The summed E-state index contributed by atoms with van der Waals surface area (Å²) < 4.78 is 59.3. The van der Waals surface area contributed by atoms with E-state index < -0.39 is 74.6 Å². The summed E-state index contributed by atoms with van der Waals surface area (Å²) in [5.74, 6) is -0.681. The van der Waals surface area contributed by atoms with Crippen molar-refractivity contribution in [2.75, 3.05) is 6.61 Å². The Bertz CT molecular complexity index is 1320. The smallest absolute Gasteiger partial charge is 0.459 e. The summed E-state index contributed by atoms with van der Waals surface area (Å²) in [6, 6.07) is 7.47. The van der Waals surface area contributed by atoms with Gasteiger partial charge in [-0.2, -0.15) is 5.09 Å². The third-order valence-electron chi connectivity index (χ3n) is 5.02. The molecule has 0 spiro atoms. The molecule has 0 bridgehead atoms. The Labute approximate surface area is 210 Å². The van der Waals surface area contributed by atoms with Gasteiger partial charge in [0.05, 0.1) is 12.7 Å². The zero-order valence-corrected chi connectivity index (χ0v) is 20.6. The van der Waals surface area contributed by atoms with Gasteiger partial charge in [-0.25, -0.2) is 9.36 Å². The van der Waals surface area contributed by atoms with E-state index in [4.69, 9.17) is 22.6 Å². The molecule has 0 saturated carbocycles. The number of aliphatic hydroxyl groups excluding tert-OH is 1. The number of para-hydroxylation sites is 1. The van der Waals surface area contributed by atoms with Crippen LogP contribution < -0.4 is 20.9 Å². The van der Waals surface area contributed by atoms with Gasteiger partial charge in [0, 0.05) is 16.4 Å².